The summed E-state index contributed by atoms with van der Waals surface area (Å²) in [6.07, 6.45) is 0. The van der Waals surface area contributed by atoms with Gasteiger partial charge in [0.05, 0.1) is 16.8 Å². The van der Waals surface area contributed by atoms with Crippen molar-refractivity contribution in [1.82, 2.24) is 0 Å². The maximum atomic E-state index is 11.9. The molecule has 3 aromatic rings. The van der Waals surface area contributed by atoms with Gasteiger partial charge in [0.1, 0.15) is 11.5 Å². The van der Waals surface area contributed by atoms with E-state index in [0.717, 1.165) is 12.1 Å². The largest absolute Gasteiger partial charge is 0.508 e. The third-order valence-electron chi connectivity index (χ3n) is 3.06. The number of benzene rings is 2. The van der Waals surface area contributed by atoms with E-state index >= 15 is 0 Å². The molecule has 0 aliphatic rings. The second kappa shape index (κ2) is 3.65. The van der Waals surface area contributed by atoms with Crippen LogP contribution >= 0.6 is 0 Å². The van der Waals surface area contributed by atoms with Crippen LogP contribution in [0.15, 0.2) is 33.5 Å². The number of aromatic hydroxyl groups is 3. The van der Waals surface area contributed by atoms with E-state index in [0.29, 0.717) is 16.3 Å². The Balaban J connectivity index is 2.70. The second-order valence-corrected chi connectivity index (χ2v) is 4.41. The van der Waals surface area contributed by atoms with Gasteiger partial charge in [-0.3, -0.25) is 4.79 Å². The van der Waals surface area contributed by atoms with Crippen LogP contribution in [0.1, 0.15) is 5.56 Å². The summed E-state index contributed by atoms with van der Waals surface area (Å²) in [5.41, 5.74) is 0.365. The molecule has 0 bridgehead atoms. The van der Waals surface area contributed by atoms with Crippen LogP contribution in [-0.4, -0.2) is 15.3 Å². The van der Waals surface area contributed by atoms with Crippen molar-refractivity contribution >= 4 is 21.7 Å². The van der Waals surface area contributed by atoms with Crippen molar-refractivity contribution in [1.29, 1.82) is 0 Å². The topological polar surface area (TPSA) is 90.9 Å². The van der Waals surface area contributed by atoms with Gasteiger partial charge in [-0.2, -0.15) is 0 Å². The van der Waals surface area contributed by atoms with E-state index in [-0.39, 0.29) is 27.9 Å². The third-order valence-corrected chi connectivity index (χ3v) is 3.06. The Kier molecular flexibility index (Phi) is 2.19. The van der Waals surface area contributed by atoms with Crippen LogP contribution in [0.5, 0.6) is 17.4 Å². The minimum absolute atomic E-state index is 0.0914. The SMILES string of the molecule is Cc1cc2cc(O)cc(O)c2c2oc(O)cc(=O)c12. The molecule has 0 saturated heterocycles. The van der Waals surface area contributed by atoms with Crippen molar-refractivity contribution in [3.8, 4) is 17.4 Å². The van der Waals surface area contributed by atoms with Crippen LogP contribution in [0.4, 0.5) is 0 Å². The summed E-state index contributed by atoms with van der Waals surface area (Å²) in [6.45, 7) is 1.72. The first-order valence-corrected chi connectivity index (χ1v) is 5.59. The molecule has 0 atom stereocenters. The van der Waals surface area contributed by atoms with E-state index in [1.807, 2.05) is 0 Å². The molecule has 0 spiro atoms. The minimum Gasteiger partial charge on any atom is -0.508 e. The summed E-state index contributed by atoms with van der Waals surface area (Å²) in [4.78, 5) is 11.9. The quantitative estimate of drug-likeness (QED) is 0.538. The zero-order chi connectivity index (χ0) is 13.7. The lowest BCUT2D eigenvalue weighted by Crippen LogP contribution is -2.01. The van der Waals surface area contributed by atoms with Crippen molar-refractivity contribution in [2.24, 2.45) is 0 Å². The van der Waals surface area contributed by atoms with Gasteiger partial charge < -0.3 is 19.7 Å². The van der Waals surface area contributed by atoms with Crippen LogP contribution < -0.4 is 5.43 Å². The number of fused-ring (bicyclic) bond motifs is 3. The van der Waals surface area contributed by atoms with Crippen LogP contribution in [0.25, 0.3) is 21.7 Å². The van der Waals surface area contributed by atoms with Gasteiger partial charge in [0, 0.05) is 6.07 Å². The maximum Gasteiger partial charge on any atom is 0.286 e. The fourth-order valence-electron chi connectivity index (χ4n) is 2.33. The van der Waals surface area contributed by atoms with Gasteiger partial charge in [0.25, 0.3) is 5.95 Å². The maximum absolute atomic E-state index is 11.9. The molecule has 96 valence electrons. The summed E-state index contributed by atoms with van der Waals surface area (Å²) in [5.74, 6) is -0.822. The average Bonchev–Trinajstić information content (AvgIpc) is 2.25. The lowest BCUT2D eigenvalue weighted by atomic mass is 10.0. The summed E-state index contributed by atoms with van der Waals surface area (Å²) >= 11 is 0. The molecule has 0 amide bonds. The van der Waals surface area contributed by atoms with Crippen molar-refractivity contribution in [2.75, 3.05) is 0 Å². The molecular weight excluding hydrogens is 248 g/mol. The third kappa shape index (κ3) is 1.59. The molecule has 0 aliphatic carbocycles. The van der Waals surface area contributed by atoms with Gasteiger partial charge in [-0.25, -0.2) is 0 Å². The fourth-order valence-corrected chi connectivity index (χ4v) is 2.33. The molecule has 3 rings (SSSR count). The highest BCUT2D eigenvalue weighted by Crippen LogP contribution is 2.36. The molecule has 3 N–H and O–H groups in total. The average molecular weight is 258 g/mol. The van der Waals surface area contributed by atoms with Crippen LogP contribution in [0.2, 0.25) is 0 Å². The highest BCUT2D eigenvalue weighted by atomic mass is 16.5. The van der Waals surface area contributed by atoms with Crippen LogP contribution in [-0.2, 0) is 0 Å². The van der Waals surface area contributed by atoms with E-state index in [4.69, 9.17) is 4.42 Å². The standard InChI is InChI=1S/C14H10O5/c1-6-2-7-3-8(15)4-9(16)13(7)14-12(6)10(17)5-11(18)19-14/h2-5,15-16,18H,1H3. The molecule has 0 unspecified atom stereocenters. The first-order chi connectivity index (χ1) is 8.97. The normalized spacial score (nSPS) is 11.2. The predicted octanol–water partition coefficient (Wildman–Crippen LogP) is 2.37. The van der Waals surface area contributed by atoms with E-state index in [9.17, 15) is 20.1 Å². The summed E-state index contributed by atoms with van der Waals surface area (Å²) in [6, 6.07) is 5.26. The predicted molar refractivity (Wildman–Crippen MR) is 69.7 cm³/mol. The summed E-state index contributed by atoms with van der Waals surface area (Å²) in [5, 5.41) is 29.9. The van der Waals surface area contributed by atoms with Gasteiger partial charge in [0.2, 0.25) is 0 Å². The van der Waals surface area contributed by atoms with E-state index in [1.165, 1.54) is 6.07 Å². The Labute approximate surface area is 107 Å². The number of phenols is 2. The summed E-state index contributed by atoms with van der Waals surface area (Å²) in [7, 11) is 0. The highest BCUT2D eigenvalue weighted by Gasteiger charge is 2.15. The van der Waals surface area contributed by atoms with Crippen molar-refractivity contribution in [3.05, 3.63) is 40.1 Å². The summed E-state index contributed by atoms with van der Waals surface area (Å²) < 4.78 is 5.17. The fraction of sp³-hybridized carbons (Fsp3) is 0.0714. The highest BCUT2D eigenvalue weighted by molar-refractivity contribution is 6.09. The number of phenolic OH excluding ortho intramolecular Hbond substituents is 2. The minimum atomic E-state index is -0.517. The lowest BCUT2D eigenvalue weighted by molar-refractivity contribution is 0.340. The number of rotatable bonds is 0. The Morgan fingerprint density at radius 2 is 1.74 bits per heavy atom. The molecule has 0 radical (unpaired) electrons. The smallest absolute Gasteiger partial charge is 0.286 e. The van der Waals surface area contributed by atoms with Crippen LogP contribution in [0.3, 0.4) is 0 Å². The molecule has 0 saturated carbocycles. The first-order valence-electron chi connectivity index (χ1n) is 5.59. The van der Waals surface area contributed by atoms with Crippen molar-refractivity contribution < 1.29 is 19.7 Å². The Bertz CT molecular complexity index is 877. The first kappa shape index (κ1) is 11.4. The molecule has 1 aromatic heterocycles. The van der Waals surface area contributed by atoms with Gasteiger partial charge in [-0.1, -0.05) is 6.07 Å². The molecule has 0 aliphatic heterocycles. The molecular formula is C14H10O5. The van der Waals surface area contributed by atoms with Gasteiger partial charge in [-0.05, 0) is 23.9 Å². The monoisotopic (exact) mass is 258 g/mol. The Morgan fingerprint density at radius 3 is 2.47 bits per heavy atom. The molecule has 1 heterocycles. The number of aryl methyl sites for hydroxylation is 1. The molecule has 2 aromatic carbocycles. The second-order valence-electron chi connectivity index (χ2n) is 4.41. The lowest BCUT2D eigenvalue weighted by Gasteiger charge is -2.08. The van der Waals surface area contributed by atoms with Gasteiger partial charge in [-0.15, -0.1) is 0 Å². The van der Waals surface area contributed by atoms with Crippen LogP contribution in [0, 0.1) is 6.92 Å². The number of hydrogen-bond donors (Lipinski definition) is 3. The Morgan fingerprint density at radius 1 is 1.00 bits per heavy atom. The zero-order valence-electron chi connectivity index (χ0n) is 9.97. The number of hydrogen-bond acceptors (Lipinski definition) is 5. The Hall–Kier alpha value is -2.69. The van der Waals surface area contributed by atoms with Crippen molar-refractivity contribution in [3.63, 3.8) is 0 Å². The molecule has 0 fully saturated rings. The molecule has 19 heavy (non-hydrogen) atoms. The molecule has 5 nitrogen and oxygen atoms in total. The van der Waals surface area contributed by atoms with E-state index in [2.05, 4.69) is 0 Å². The molecule has 5 heteroatoms. The van der Waals surface area contributed by atoms with Gasteiger partial charge >= 0.3 is 0 Å². The van der Waals surface area contributed by atoms with E-state index < -0.39 is 5.95 Å². The van der Waals surface area contributed by atoms with Crippen molar-refractivity contribution in [2.45, 2.75) is 6.92 Å². The van der Waals surface area contributed by atoms with Gasteiger partial charge in [0.15, 0.2) is 11.0 Å². The zero-order valence-corrected chi connectivity index (χ0v) is 9.97. The van der Waals surface area contributed by atoms with E-state index in [1.54, 1.807) is 13.0 Å².